The lowest BCUT2D eigenvalue weighted by Crippen LogP contribution is -2.48. The van der Waals surface area contributed by atoms with Gasteiger partial charge in [0.1, 0.15) is 12.4 Å². The summed E-state index contributed by atoms with van der Waals surface area (Å²) in [5, 5.41) is 2.08. The van der Waals surface area contributed by atoms with Crippen molar-refractivity contribution in [1.82, 2.24) is 15.1 Å². The number of carbonyl (C=O) groups excluding carboxylic acids is 2. The van der Waals surface area contributed by atoms with E-state index >= 15 is 0 Å². The molecule has 0 bridgehead atoms. The zero-order valence-corrected chi connectivity index (χ0v) is 13.2. The first-order valence-corrected chi connectivity index (χ1v) is 7.85. The van der Waals surface area contributed by atoms with Gasteiger partial charge in [-0.15, -0.1) is 0 Å². The van der Waals surface area contributed by atoms with Crippen molar-refractivity contribution in [3.63, 3.8) is 0 Å². The molecule has 1 aliphatic heterocycles. The average Bonchev–Trinajstić information content (AvgIpc) is 2.54. The van der Waals surface area contributed by atoms with Crippen molar-refractivity contribution in [3.05, 3.63) is 30.3 Å². The van der Waals surface area contributed by atoms with Gasteiger partial charge in [-0.3, -0.25) is 15.0 Å². The second-order valence-corrected chi connectivity index (χ2v) is 5.51. The van der Waals surface area contributed by atoms with Crippen molar-refractivity contribution in [2.24, 2.45) is 5.73 Å². The van der Waals surface area contributed by atoms with Gasteiger partial charge in [0.25, 0.3) is 0 Å². The molecule has 3 amide bonds. The highest BCUT2D eigenvalue weighted by Gasteiger charge is 2.17. The topological polar surface area (TPSA) is 87.9 Å². The number of urea groups is 1. The first-order valence-electron chi connectivity index (χ1n) is 7.85. The summed E-state index contributed by atoms with van der Waals surface area (Å²) in [7, 11) is 0. The summed E-state index contributed by atoms with van der Waals surface area (Å²) in [5.41, 5.74) is 4.91. The fourth-order valence-corrected chi connectivity index (χ4v) is 2.51. The molecular weight excluding hydrogens is 296 g/mol. The molecule has 1 heterocycles. The number of ether oxygens (including phenoxy) is 1. The number of hydrogen-bond acceptors (Lipinski definition) is 5. The van der Waals surface area contributed by atoms with Crippen LogP contribution in [0.1, 0.15) is 6.42 Å². The molecular formula is C16H24N4O3. The molecule has 1 aromatic rings. The third-order valence-corrected chi connectivity index (χ3v) is 3.80. The Hall–Kier alpha value is -2.12. The molecule has 2 rings (SSSR count). The van der Waals surface area contributed by atoms with Crippen LogP contribution in [0, 0.1) is 0 Å². The number of nitrogens with zero attached hydrogens (tertiary/aromatic N) is 2. The highest BCUT2D eigenvalue weighted by Crippen LogP contribution is 2.08. The summed E-state index contributed by atoms with van der Waals surface area (Å²) in [6, 6.07) is 9.00. The van der Waals surface area contributed by atoms with E-state index in [0.29, 0.717) is 19.6 Å². The van der Waals surface area contributed by atoms with Crippen molar-refractivity contribution >= 4 is 11.9 Å². The van der Waals surface area contributed by atoms with Crippen LogP contribution < -0.4 is 15.8 Å². The molecule has 23 heavy (non-hydrogen) atoms. The molecule has 0 saturated carbocycles. The van der Waals surface area contributed by atoms with Crippen LogP contribution in [0.15, 0.2) is 30.3 Å². The molecule has 0 unspecified atom stereocenters. The zero-order valence-electron chi connectivity index (χ0n) is 13.2. The maximum atomic E-state index is 11.4. The largest absolute Gasteiger partial charge is 0.492 e. The van der Waals surface area contributed by atoms with Crippen LogP contribution in [0.2, 0.25) is 0 Å². The Balaban J connectivity index is 1.57. The number of nitrogens with two attached hydrogens (primary N) is 1. The summed E-state index contributed by atoms with van der Waals surface area (Å²) in [5.74, 6) is 0.572. The van der Waals surface area contributed by atoms with Crippen LogP contribution in [0.25, 0.3) is 0 Å². The van der Waals surface area contributed by atoms with Gasteiger partial charge in [0, 0.05) is 45.7 Å². The van der Waals surface area contributed by atoms with Gasteiger partial charge in [-0.2, -0.15) is 0 Å². The van der Waals surface area contributed by atoms with Crippen LogP contribution in [-0.2, 0) is 4.79 Å². The number of nitrogens with one attached hydrogen (secondary N) is 1. The summed E-state index contributed by atoms with van der Waals surface area (Å²) in [6.45, 7) is 5.94. The van der Waals surface area contributed by atoms with E-state index in [4.69, 9.17) is 10.5 Å². The molecule has 7 heteroatoms. The molecule has 1 saturated heterocycles. The summed E-state index contributed by atoms with van der Waals surface area (Å²) in [6.07, 6.45) is 0.292. The van der Waals surface area contributed by atoms with Gasteiger partial charge in [0.05, 0.1) is 0 Å². The van der Waals surface area contributed by atoms with E-state index in [9.17, 15) is 9.59 Å². The fraction of sp³-hybridized carbons (Fsp3) is 0.500. The molecule has 0 radical (unpaired) electrons. The van der Waals surface area contributed by atoms with Crippen LogP contribution in [0.5, 0.6) is 5.75 Å². The third kappa shape index (κ3) is 6.66. The molecule has 1 aliphatic rings. The quantitative estimate of drug-likeness (QED) is 0.753. The van der Waals surface area contributed by atoms with E-state index in [2.05, 4.69) is 15.1 Å². The smallest absolute Gasteiger partial charge is 0.318 e. The van der Waals surface area contributed by atoms with Gasteiger partial charge < -0.3 is 15.4 Å². The average molecular weight is 320 g/mol. The maximum Gasteiger partial charge on any atom is 0.318 e. The number of para-hydroxylation sites is 1. The predicted octanol–water partition coefficient (Wildman–Crippen LogP) is 0.268. The number of hydrogen-bond donors (Lipinski definition) is 2. The van der Waals surface area contributed by atoms with Gasteiger partial charge in [-0.1, -0.05) is 18.2 Å². The summed E-state index contributed by atoms with van der Waals surface area (Å²) < 4.78 is 5.70. The van der Waals surface area contributed by atoms with Crippen LogP contribution in [0.3, 0.4) is 0 Å². The van der Waals surface area contributed by atoms with E-state index < -0.39 is 6.03 Å². The number of carbonyl (C=O) groups is 2. The lowest BCUT2D eigenvalue weighted by atomic mass is 10.3. The third-order valence-electron chi connectivity index (χ3n) is 3.80. The first-order chi connectivity index (χ1) is 11.1. The Morgan fingerprint density at radius 2 is 1.65 bits per heavy atom. The molecule has 0 aromatic heterocycles. The number of imide groups is 1. The highest BCUT2D eigenvalue weighted by atomic mass is 16.5. The minimum absolute atomic E-state index is 0.292. The summed E-state index contributed by atoms with van der Waals surface area (Å²) >= 11 is 0. The van der Waals surface area contributed by atoms with Gasteiger partial charge in [0.15, 0.2) is 0 Å². The molecule has 1 fully saturated rings. The number of benzene rings is 1. The standard InChI is InChI=1S/C16H24N4O3/c17-16(22)18-15(21)6-7-19-8-10-20(11-9-19)12-13-23-14-4-2-1-3-5-14/h1-5H,6-13H2,(H3,17,18,21,22). The molecule has 0 aliphatic carbocycles. The lowest BCUT2D eigenvalue weighted by Gasteiger charge is -2.34. The number of amides is 3. The van der Waals surface area contributed by atoms with E-state index in [1.807, 2.05) is 30.3 Å². The summed E-state index contributed by atoms with van der Waals surface area (Å²) in [4.78, 5) is 26.5. The van der Waals surface area contributed by atoms with Crippen LogP contribution in [0.4, 0.5) is 4.79 Å². The molecule has 1 aromatic carbocycles. The molecule has 7 nitrogen and oxygen atoms in total. The van der Waals surface area contributed by atoms with Gasteiger partial charge in [0.2, 0.25) is 5.91 Å². The number of rotatable bonds is 7. The Morgan fingerprint density at radius 1 is 1.04 bits per heavy atom. The zero-order chi connectivity index (χ0) is 16.5. The molecule has 0 spiro atoms. The van der Waals surface area contributed by atoms with Crippen molar-refractivity contribution in [2.45, 2.75) is 6.42 Å². The normalized spacial score (nSPS) is 16.0. The molecule has 126 valence electrons. The second-order valence-electron chi connectivity index (χ2n) is 5.51. The van der Waals surface area contributed by atoms with Crippen LogP contribution >= 0.6 is 0 Å². The van der Waals surface area contributed by atoms with Gasteiger partial charge >= 0.3 is 6.03 Å². The van der Waals surface area contributed by atoms with Crippen molar-refractivity contribution < 1.29 is 14.3 Å². The number of piperazine rings is 1. The number of primary amides is 1. The molecule has 0 atom stereocenters. The first kappa shape index (κ1) is 17.2. The second kappa shape index (κ2) is 9.12. The van der Waals surface area contributed by atoms with E-state index in [1.54, 1.807) is 0 Å². The van der Waals surface area contributed by atoms with Crippen LogP contribution in [-0.4, -0.2) is 67.6 Å². The minimum Gasteiger partial charge on any atom is -0.492 e. The predicted molar refractivity (Wildman–Crippen MR) is 87.2 cm³/mol. The molecule has 3 N–H and O–H groups in total. The van der Waals surface area contributed by atoms with Crippen molar-refractivity contribution in [2.75, 3.05) is 45.9 Å². The van der Waals surface area contributed by atoms with E-state index in [0.717, 1.165) is 38.5 Å². The Labute approximate surface area is 136 Å². The van der Waals surface area contributed by atoms with E-state index in [-0.39, 0.29) is 5.91 Å². The SMILES string of the molecule is NC(=O)NC(=O)CCN1CCN(CCOc2ccccc2)CC1. The fourth-order valence-electron chi connectivity index (χ4n) is 2.51. The minimum atomic E-state index is -0.793. The highest BCUT2D eigenvalue weighted by molar-refractivity contribution is 5.93. The van der Waals surface area contributed by atoms with Crippen molar-refractivity contribution in [1.29, 1.82) is 0 Å². The van der Waals surface area contributed by atoms with Crippen molar-refractivity contribution in [3.8, 4) is 5.75 Å². The Bertz CT molecular complexity index is 501. The van der Waals surface area contributed by atoms with Gasteiger partial charge in [-0.05, 0) is 12.1 Å². The maximum absolute atomic E-state index is 11.4. The Morgan fingerprint density at radius 3 is 2.26 bits per heavy atom. The van der Waals surface area contributed by atoms with Gasteiger partial charge in [-0.25, -0.2) is 4.79 Å². The lowest BCUT2D eigenvalue weighted by molar-refractivity contribution is -0.120. The monoisotopic (exact) mass is 320 g/mol. The Kier molecular flexibility index (Phi) is 6.83. The van der Waals surface area contributed by atoms with E-state index in [1.165, 1.54) is 0 Å².